The third kappa shape index (κ3) is 2.60. The number of nitrogens with zero attached hydrogens (tertiary/aromatic N) is 3. The minimum atomic E-state index is 0.0664. The van der Waals surface area contributed by atoms with Crippen LogP contribution < -0.4 is 9.64 Å². The van der Waals surface area contributed by atoms with Crippen molar-refractivity contribution < 1.29 is 9.15 Å². The summed E-state index contributed by atoms with van der Waals surface area (Å²) in [6.07, 6.45) is 4.90. The summed E-state index contributed by atoms with van der Waals surface area (Å²) in [6.45, 7) is 1.75. The summed E-state index contributed by atoms with van der Waals surface area (Å²) in [4.78, 5) is 10.6. The number of pyridine rings is 1. The molecule has 5 nitrogen and oxygen atoms in total. The molecule has 22 heavy (non-hydrogen) atoms. The Kier molecular flexibility index (Phi) is 3.35. The van der Waals surface area contributed by atoms with Gasteiger partial charge >= 0.3 is 6.08 Å². The second kappa shape index (κ2) is 5.50. The summed E-state index contributed by atoms with van der Waals surface area (Å²) in [6, 6.07) is 9.37. The van der Waals surface area contributed by atoms with Crippen LogP contribution >= 0.6 is 11.6 Å². The van der Waals surface area contributed by atoms with Crippen molar-refractivity contribution in [1.29, 1.82) is 0 Å². The van der Waals surface area contributed by atoms with E-state index in [1.54, 1.807) is 24.5 Å². The van der Waals surface area contributed by atoms with E-state index in [2.05, 4.69) is 14.9 Å². The van der Waals surface area contributed by atoms with Crippen molar-refractivity contribution in [2.45, 2.75) is 12.5 Å². The van der Waals surface area contributed by atoms with Crippen LogP contribution in [-0.4, -0.2) is 29.2 Å². The number of ether oxygens (including phenoxy) is 1. The molecule has 1 atom stereocenters. The smallest absolute Gasteiger partial charge is 0.394 e. The molecule has 1 aromatic carbocycles. The molecule has 6 heteroatoms. The molecule has 0 amide bonds. The molecule has 1 aliphatic rings. The van der Waals surface area contributed by atoms with E-state index in [4.69, 9.17) is 20.8 Å². The number of oxazole rings is 1. The van der Waals surface area contributed by atoms with Crippen LogP contribution in [-0.2, 0) is 0 Å². The molecule has 3 heterocycles. The van der Waals surface area contributed by atoms with Crippen molar-refractivity contribution in [3.8, 4) is 6.08 Å². The van der Waals surface area contributed by atoms with Gasteiger partial charge in [0.15, 0.2) is 5.58 Å². The predicted octanol–water partition coefficient (Wildman–Crippen LogP) is 3.53. The molecule has 1 saturated heterocycles. The van der Waals surface area contributed by atoms with Crippen LogP contribution in [0.15, 0.2) is 47.1 Å². The van der Waals surface area contributed by atoms with Gasteiger partial charge in [0.1, 0.15) is 11.6 Å². The molecule has 0 N–H and O–H groups in total. The van der Waals surface area contributed by atoms with Crippen molar-refractivity contribution in [1.82, 2.24) is 9.97 Å². The van der Waals surface area contributed by atoms with Crippen LogP contribution in [0.3, 0.4) is 0 Å². The first-order valence-electron chi connectivity index (χ1n) is 7.16. The zero-order chi connectivity index (χ0) is 14.9. The molecule has 1 fully saturated rings. The SMILES string of the molecule is Clc1ccc2nc(OC3CCN(c4ccncc4)C3)oc2c1. The standard InChI is InChI=1S/C16H14ClN3O2/c17-11-1-2-14-15(9-11)22-16(19-14)21-13-5-8-20(10-13)12-3-6-18-7-4-12/h1-4,6-7,9,13H,5,8,10H2. The molecule has 4 rings (SSSR count). The Morgan fingerprint density at radius 1 is 1.23 bits per heavy atom. The van der Waals surface area contributed by atoms with Crippen LogP contribution in [0.5, 0.6) is 6.08 Å². The Morgan fingerprint density at radius 2 is 2.09 bits per heavy atom. The van der Waals surface area contributed by atoms with Crippen molar-refractivity contribution in [3.63, 3.8) is 0 Å². The molecule has 0 bridgehead atoms. The number of anilines is 1. The quantitative estimate of drug-likeness (QED) is 0.740. The fourth-order valence-corrected chi connectivity index (χ4v) is 2.85. The number of rotatable bonds is 3. The van der Waals surface area contributed by atoms with Crippen LogP contribution in [0.1, 0.15) is 6.42 Å². The lowest BCUT2D eigenvalue weighted by Crippen LogP contribution is -2.24. The molecular weight excluding hydrogens is 302 g/mol. The molecule has 2 aromatic heterocycles. The van der Waals surface area contributed by atoms with Crippen molar-refractivity contribution in [2.24, 2.45) is 0 Å². The topological polar surface area (TPSA) is 51.4 Å². The minimum absolute atomic E-state index is 0.0664. The van der Waals surface area contributed by atoms with Gasteiger partial charge in [-0.15, -0.1) is 0 Å². The van der Waals surface area contributed by atoms with Gasteiger partial charge in [-0.05, 0) is 24.3 Å². The first-order valence-corrected chi connectivity index (χ1v) is 7.53. The third-order valence-electron chi connectivity index (χ3n) is 3.77. The zero-order valence-electron chi connectivity index (χ0n) is 11.8. The molecule has 0 aliphatic carbocycles. The summed E-state index contributed by atoms with van der Waals surface area (Å²) in [5, 5.41) is 0.625. The van der Waals surface area contributed by atoms with Gasteiger partial charge in [-0.1, -0.05) is 11.6 Å². The molecule has 0 radical (unpaired) electrons. The molecular formula is C16H14ClN3O2. The van der Waals surface area contributed by atoms with E-state index >= 15 is 0 Å². The van der Waals surface area contributed by atoms with E-state index in [0.29, 0.717) is 16.7 Å². The van der Waals surface area contributed by atoms with Gasteiger partial charge < -0.3 is 14.1 Å². The normalized spacial score (nSPS) is 18.0. The number of hydrogen-bond acceptors (Lipinski definition) is 5. The lowest BCUT2D eigenvalue weighted by Gasteiger charge is -2.17. The number of benzene rings is 1. The van der Waals surface area contributed by atoms with Gasteiger partial charge in [0.2, 0.25) is 0 Å². The Bertz CT molecular complexity index is 790. The second-order valence-electron chi connectivity index (χ2n) is 5.27. The average molecular weight is 316 g/mol. The third-order valence-corrected chi connectivity index (χ3v) is 4.01. The maximum atomic E-state index is 5.94. The fourth-order valence-electron chi connectivity index (χ4n) is 2.68. The van der Waals surface area contributed by atoms with Crippen molar-refractivity contribution >= 4 is 28.4 Å². The number of hydrogen-bond donors (Lipinski definition) is 0. The zero-order valence-corrected chi connectivity index (χ0v) is 12.5. The molecule has 3 aromatic rings. The van der Waals surface area contributed by atoms with Crippen LogP contribution in [0, 0.1) is 0 Å². The van der Waals surface area contributed by atoms with Crippen LogP contribution in [0.4, 0.5) is 5.69 Å². The minimum Gasteiger partial charge on any atom is -0.445 e. The number of halogens is 1. The first kappa shape index (κ1) is 13.4. The van der Waals surface area contributed by atoms with Crippen LogP contribution in [0.25, 0.3) is 11.1 Å². The van der Waals surface area contributed by atoms with E-state index in [1.165, 1.54) is 0 Å². The monoisotopic (exact) mass is 315 g/mol. The molecule has 112 valence electrons. The van der Waals surface area contributed by atoms with Gasteiger partial charge in [-0.25, -0.2) is 0 Å². The first-order chi connectivity index (χ1) is 10.8. The predicted molar refractivity (Wildman–Crippen MR) is 84.5 cm³/mol. The Labute approximate surface area is 132 Å². The summed E-state index contributed by atoms with van der Waals surface area (Å²) in [5.74, 6) is 0. The number of fused-ring (bicyclic) bond motifs is 1. The molecule has 0 saturated carbocycles. The molecule has 1 aliphatic heterocycles. The van der Waals surface area contributed by atoms with Gasteiger partial charge in [0.25, 0.3) is 0 Å². The highest BCUT2D eigenvalue weighted by molar-refractivity contribution is 6.31. The largest absolute Gasteiger partial charge is 0.445 e. The van der Waals surface area contributed by atoms with Gasteiger partial charge in [-0.3, -0.25) is 4.98 Å². The van der Waals surface area contributed by atoms with E-state index in [-0.39, 0.29) is 6.10 Å². The summed E-state index contributed by atoms with van der Waals surface area (Å²) in [7, 11) is 0. The van der Waals surface area contributed by atoms with Crippen molar-refractivity contribution in [3.05, 3.63) is 47.7 Å². The van der Waals surface area contributed by atoms with Crippen LogP contribution in [0.2, 0.25) is 5.02 Å². The van der Waals surface area contributed by atoms with E-state index in [9.17, 15) is 0 Å². The Morgan fingerprint density at radius 3 is 2.95 bits per heavy atom. The van der Waals surface area contributed by atoms with Crippen molar-refractivity contribution in [2.75, 3.05) is 18.0 Å². The fraction of sp³-hybridized carbons (Fsp3) is 0.250. The van der Waals surface area contributed by atoms with Gasteiger partial charge in [-0.2, -0.15) is 4.98 Å². The summed E-state index contributed by atoms with van der Waals surface area (Å²) >= 11 is 5.94. The molecule has 1 unspecified atom stereocenters. The Balaban J connectivity index is 1.47. The van der Waals surface area contributed by atoms with Gasteiger partial charge in [0.05, 0.1) is 6.54 Å². The Hall–Kier alpha value is -2.27. The number of aromatic nitrogens is 2. The highest BCUT2D eigenvalue weighted by Gasteiger charge is 2.25. The summed E-state index contributed by atoms with van der Waals surface area (Å²) < 4.78 is 11.5. The maximum Gasteiger partial charge on any atom is 0.394 e. The van der Waals surface area contributed by atoms with E-state index < -0.39 is 0 Å². The second-order valence-corrected chi connectivity index (χ2v) is 5.71. The maximum absolute atomic E-state index is 5.94. The van der Waals surface area contributed by atoms with Gasteiger partial charge in [0, 0.05) is 42.1 Å². The summed E-state index contributed by atoms with van der Waals surface area (Å²) in [5.41, 5.74) is 2.56. The lowest BCUT2D eigenvalue weighted by atomic mass is 10.3. The van der Waals surface area contributed by atoms with E-state index in [1.807, 2.05) is 18.2 Å². The average Bonchev–Trinajstić information content (AvgIpc) is 3.14. The highest BCUT2D eigenvalue weighted by Crippen LogP contribution is 2.27. The molecule has 0 spiro atoms. The lowest BCUT2D eigenvalue weighted by molar-refractivity contribution is 0.167. The highest BCUT2D eigenvalue weighted by atomic mass is 35.5. The van der Waals surface area contributed by atoms with E-state index in [0.717, 1.165) is 30.7 Å².